The number of hydrogen-bond acceptors (Lipinski definition) is 4. The Hall–Kier alpha value is -7.51. The van der Waals surface area contributed by atoms with E-state index in [2.05, 4.69) is 150 Å². The minimum atomic E-state index is -0.275. The predicted molar refractivity (Wildman–Crippen MR) is 263 cm³/mol. The van der Waals surface area contributed by atoms with Crippen LogP contribution >= 0.6 is 22.7 Å². The van der Waals surface area contributed by atoms with Crippen LogP contribution in [0, 0.1) is 5.82 Å². The summed E-state index contributed by atoms with van der Waals surface area (Å²) in [5.41, 5.74) is 7.83. The molecule has 0 N–H and O–H groups in total. The van der Waals surface area contributed by atoms with Crippen LogP contribution in [0.3, 0.4) is 0 Å². The number of nitrogens with zero attached hydrogens (tertiary/aromatic N) is 3. The summed E-state index contributed by atoms with van der Waals surface area (Å²) in [7, 11) is 0. The second-order valence-corrected chi connectivity index (χ2v) is 18.2. The standard InChI is InChI=1S/C56H30FN3S2/c57-35-24-26-37-33(29-35)22-27-44-52(37)59-56(51(58-44)32-12-2-1-3-13-32)60-45-19-8-6-16-42(45)48-43-30-34(38-17-10-18-41-39-15-7-9-20-46(39)61-54(38)41)21-25-40(43)50-49-36-14-5-4-11-31(36)23-28-47(49)62-55(50)53(48)60/h1-30H. The van der Waals surface area contributed by atoms with Crippen LogP contribution in [0.1, 0.15) is 0 Å². The van der Waals surface area contributed by atoms with E-state index in [1.165, 1.54) is 84.5 Å². The molecule has 0 saturated heterocycles. The number of thiophene rings is 2. The van der Waals surface area contributed by atoms with Gasteiger partial charge in [-0.25, -0.2) is 14.4 Å². The Balaban J connectivity index is 1.20. The number of rotatable bonds is 3. The molecule has 0 aliphatic rings. The van der Waals surface area contributed by atoms with Gasteiger partial charge in [0.05, 0.1) is 26.8 Å². The van der Waals surface area contributed by atoms with E-state index in [0.717, 1.165) is 55.3 Å². The first-order valence-electron chi connectivity index (χ1n) is 20.8. The molecule has 10 aromatic carbocycles. The van der Waals surface area contributed by atoms with Crippen LogP contribution in [0.5, 0.6) is 0 Å². The molecule has 62 heavy (non-hydrogen) atoms. The number of fused-ring (bicyclic) bond motifs is 18. The molecule has 0 fully saturated rings. The number of benzene rings is 10. The van der Waals surface area contributed by atoms with Gasteiger partial charge in [0.25, 0.3) is 0 Å². The van der Waals surface area contributed by atoms with Gasteiger partial charge in [0.2, 0.25) is 0 Å². The summed E-state index contributed by atoms with van der Waals surface area (Å²) in [4.78, 5) is 11.1. The van der Waals surface area contributed by atoms with Crippen molar-refractivity contribution in [3.63, 3.8) is 0 Å². The SMILES string of the molecule is Fc1ccc2c(ccc3nc(-c4ccccc4)c(-n4c5ccccc5c5c6cc(-c7cccc8c7sc7ccccc78)ccc6c6c(sc7ccc8ccccc8c76)c54)nc32)c1. The Morgan fingerprint density at radius 2 is 1.19 bits per heavy atom. The smallest absolute Gasteiger partial charge is 0.165 e. The molecular weight excluding hydrogens is 798 g/mol. The highest BCUT2D eigenvalue weighted by Gasteiger charge is 2.26. The van der Waals surface area contributed by atoms with Crippen LogP contribution in [-0.2, 0) is 0 Å². The van der Waals surface area contributed by atoms with Crippen molar-refractivity contribution in [2.75, 3.05) is 0 Å². The molecule has 0 aliphatic carbocycles. The third-order valence-electron chi connectivity index (χ3n) is 12.8. The average Bonchev–Trinajstić information content (AvgIpc) is 4.02. The first kappa shape index (κ1) is 34.2. The highest BCUT2D eigenvalue weighted by atomic mass is 32.1. The first-order valence-corrected chi connectivity index (χ1v) is 22.4. The van der Waals surface area contributed by atoms with Crippen molar-refractivity contribution in [3.8, 4) is 28.2 Å². The molecule has 0 saturated carbocycles. The third kappa shape index (κ3) is 4.73. The molecule has 0 atom stereocenters. The maximum atomic E-state index is 14.7. The lowest BCUT2D eigenvalue weighted by molar-refractivity contribution is 0.630. The zero-order valence-corrected chi connectivity index (χ0v) is 34.5. The molecule has 0 amide bonds. The largest absolute Gasteiger partial charge is 0.290 e. The molecule has 4 heterocycles. The van der Waals surface area contributed by atoms with Gasteiger partial charge >= 0.3 is 0 Å². The molecule has 14 rings (SSSR count). The minimum Gasteiger partial charge on any atom is -0.290 e. The lowest BCUT2D eigenvalue weighted by atomic mass is 9.93. The van der Waals surface area contributed by atoms with Crippen LogP contribution < -0.4 is 0 Å². The van der Waals surface area contributed by atoms with E-state index in [4.69, 9.17) is 9.97 Å². The summed E-state index contributed by atoms with van der Waals surface area (Å²) >= 11 is 3.72. The van der Waals surface area contributed by atoms with Crippen LogP contribution in [0.2, 0.25) is 0 Å². The van der Waals surface area contributed by atoms with E-state index in [1.54, 1.807) is 6.07 Å². The summed E-state index contributed by atoms with van der Waals surface area (Å²) in [6.07, 6.45) is 0. The molecule has 0 aliphatic heterocycles. The Morgan fingerprint density at radius 1 is 0.435 bits per heavy atom. The van der Waals surface area contributed by atoms with Crippen LogP contribution in [0.4, 0.5) is 4.39 Å². The number of aromatic nitrogens is 3. The number of halogens is 1. The Kier molecular flexibility index (Phi) is 7.04. The van der Waals surface area contributed by atoms with Gasteiger partial charge in [-0.2, -0.15) is 0 Å². The van der Waals surface area contributed by atoms with Crippen molar-refractivity contribution in [3.05, 3.63) is 188 Å². The van der Waals surface area contributed by atoms with Crippen LogP contribution in [0.25, 0.3) is 134 Å². The molecule has 0 radical (unpaired) electrons. The zero-order chi connectivity index (χ0) is 40.6. The molecule has 0 unspecified atom stereocenters. The minimum absolute atomic E-state index is 0.275. The van der Waals surface area contributed by atoms with E-state index in [9.17, 15) is 4.39 Å². The van der Waals surface area contributed by atoms with Gasteiger partial charge in [0, 0.05) is 57.4 Å². The van der Waals surface area contributed by atoms with E-state index in [-0.39, 0.29) is 5.82 Å². The van der Waals surface area contributed by atoms with Crippen molar-refractivity contribution in [2.45, 2.75) is 0 Å². The fraction of sp³-hybridized carbons (Fsp3) is 0. The van der Waals surface area contributed by atoms with Crippen molar-refractivity contribution < 1.29 is 4.39 Å². The maximum absolute atomic E-state index is 14.7. The molecule has 6 heteroatoms. The monoisotopic (exact) mass is 827 g/mol. The highest BCUT2D eigenvalue weighted by molar-refractivity contribution is 7.27. The number of hydrogen-bond donors (Lipinski definition) is 0. The topological polar surface area (TPSA) is 30.7 Å². The normalized spacial score (nSPS) is 12.3. The van der Waals surface area contributed by atoms with Crippen molar-refractivity contribution in [1.82, 2.24) is 14.5 Å². The van der Waals surface area contributed by atoms with Gasteiger partial charge in [0.1, 0.15) is 11.5 Å². The average molecular weight is 828 g/mol. The van der Waals surface area contributed by atoms with Crippen molar-refractivity contribution in [1.29, 1.82) is 0 Å². The fourth-order valence-corrected chi connectivity index (χ4v) is 12.6. The van der Waals surface area contributed by atoms with Gasteiger partial charge in [-0.05, 0) is 86.6 Å². The van der Waals surface area contributed by atoms with Gasteiger partial charge in [-0.15, -0.1) is 22.7 Å². The van der Waals surface area contributed by atoms with Gasteiger partial charge in [0.15, 0.2) is 5.82 Å². The molecule has 3 nitrogen and oxygen atoms in total. The molecule has 288 valence electrons. The molecular formula is C56H30FN3S2. The van der Waals surface area contributed by atoms with E-state index < -0.39 is 0 Å². The Bertz CT molecular complexity index is 4240. The predicted octanol–water partition coefficient (Wildman–Crippen LogP) is 16.4. The summed E-state index contributed by atoms with van der Waals surface area (Å²) in [6.45, 7) is 0. The van der Waals surface area contributed by atoms with Gasteiger partial charge in [-0.1, -0.05) is 133 Å². The Labute approximate surface area is 361 Å². The molecule has 4 aromatic heterocycles. The lowest BCUT2D eigenvalue weighted by Crippen LogP contribution is -2.04. The first-order chi connectivity index (χ1) is 30.7. The van der Waals surface area contributed by atoms with Crippen molar-refractivity contribution >= 4 is 128 Å². The van der Waals surface area contributed by atoms with Crippen molar-refractivity contribution in [2.24, 2.45) is 0 Å². The second-order valence-electron chi connectivity index (χ2n) is 16.1. The lowest BCUT2D eigenvalue weighted by Gasteiger charge is -2.15. The van der Waals surface area contributed by atoms with Gasteiger partial charge in [-0.3, -0.25) is 4.57 Å². The van der Waals surface area contributed by atoms with Gasteiger partial charge < -0.3 is 0 Å². The fourth-order valence-electron chi connectivity index (χ4n) is 10.1. The Morgan fingerprint density at radius 3 is 2.11 bits per heavy atom. The van der Waals surface area contributed by atoms with Crippen LogP contribution in [0.15, 0.2) is 182 Å². The summed E-state index contributed by atoms with van der Waals surface area (Å²) in [5, 5.41) is 14.0. The maximum Gasteiger partial charge on any atom is 0.165 e. The highest BCUT2D eigenvalue weighted by Crippen LogP contribution is 2.51. The molecule has 0 spiro atoms. The second kappa shape index (κ2) is 12.8. The van der Waals surface area contributed by atoms with E-state index in [1.807, 2.05) is 46.9 Å². The van der Waals surface area contributed by atoms with Crippen LogP contribution in [-0.4, -0.2) is 14.5 Å². The third-order valence-corrected chi connectivity index (χ3v) is 15.2. The summed E-state index contributed by atoms with van der Waals surface area (Å²) < 4.78 is 22.1. The quantitative estimate of drug-likeness (QED) is 0.166. The van der Waals surface area contributed by atoms with E-state index >= 15 is 0 Å². The molecule has 0 bridgehead atoms. The molecule has 14 aromatic rings. The van der Waals surface area contributed by atoms with E-state index in [0.29, 0.717) is 0 Å². The zero-order valence-electron chi connectivity index (χ0n) is 32.9. The summed E-state index contributed by atoms with van der Waals surface area (Å²) in [6, 6.07) is 63.9. The number of para-hydroxylation sites is 1. The summed E-state index contributed by atoms with van der Waals surface area (Å²) in [5.74, 6) is 0.462.